The molecule has 1 aromatic heterocycles. The predicted octanol–water partition coefficient (Wildman–Crippen LogP) is 1.42. The minimum Gasteiger partial charge on any atom is -0.372 e. The molecular weight excluding hydrogens is 306 g/mol. The molecule has 1 saturated heterocycles. The first-order valence-corrected chi connectivity index (χ1v) is 8.84. The number of aromatic nitrogens is 2. The second-order valence-corrected chi connectivity index (χ2v) is 7.26. The highest BCUT2D eigenvalue weighted by Gasteiger charge is 2.29. The fourth-order valence-corrected chi connectivity index (χ4v) is 3.78. The first kappa shape index (κ1) is 17.2. The van der Waals surface area contributed by atoms with Gasteiger partial charge < -0.3 is 24.8 Å². The van der Waals surface area contributed by atoms with E-state index < -0.39 is 0 Å². The van der Waals surface area contributed by atoms with E-state index in [1.54, 1.807) is 6.33 Å². The van der Waals surface area contributed by atoms with Crippen molar-refractivity contribution in [2.75, 3.05) is 20.7 Å². The van der Waals surface area contributed by atoms with E-state index in [1.165, 1.54) is 0 Å². The van der Waals surface area contributed by atoms with Crippen LogP contribution in [0.3, 0.4) is 0 Å². The Hall–Kier alpha value is -1.60. The predicted molar refractivity (Wildman–Crippen MR) is 91.7 cm³/mol. The van der Waals surface area contributed by atoms with Gasteiger partial charge in [-0.1, -0.05) is 0 Å². The molecule has 1 aliphatic carbocycles. The monoisotopic (exact) mass is 335 g/mol. The van der Waals surface area contributed by atoms with Crippen LogP contribution in [-0.2, 0) is 11.8 Å². The molecule has 2 heterocycles. The Labute approximate surface area is 143 Å². The number of carbonyl (C=O) groups excluding carboxylic acids is 1. The Kier molecular flexibility index (Phi) is 5.40. The standard InChI is InChI=1S/C17H29N5O2/c1-21(2)14-5-4-12(8-14)19-17(23)20-13-6-7-24-16(9-13)15-10-18-11-22(15)3/h10-14,16H,4-9H2,1-3H3,(H2,19,20,23). The maximum absolute atomic E-state index is 12.3. The van der Waals surface area contributed by atoms with Crippen molar-refractivity contribution in [2.24, 2.45) is 7.05 Å². The van der Waals surface area contributed by atoms with Crippen LogP contribution in [-0.4, -0.2) is 59.3 Å². The van der Waals surface area contributed by atoms with Gasteiger partial charge in [-0.25, -0.2) is 9.78 Å². The van der Waals surface area contributed by atoms with Gasteiger partial charge in [0.2, 0.25) is 0 Å². The van der Waals surface area contributed by atoms with Crippen molar-refractivity contribution < 1.29 is 9.53 Å². The number of nitrogens with zero attached hydrogens (tertiary/aromatic N) is 3. The average Bonchev–Trinajstić information content (AvgIpc) is 3.16. The average molecular weight is 335 g/mol. The van der Waals surface area contributed by atoms with Gasteiger partial charge in [-0.2, -0.15) is 0 Å². The summed E-state index contributed by atoms with van der Waals surface area (Å²) in [5.41, 5.74) is 1.06. The van der Waals surface area contributed by atoms with Crippen molar-refractivity contribution >= 4 is 6.03 Å². The first-order valence-electron chi connectivity index (χ1n) is 8.84. The van der Waals surface area contributed by atoms with Gasteiger partial charge >= 0.3 is 6.03 Å². The summed E-state index contributed by atoms with van der Waals surface area (Å²) in [5, 5.41) is 6.26. The van der Waals surface area contributed by atoms with Crippen LogP contribution in [0.25, 0.3) is 0 Å². The van der Waals surface area contributed by atoms with Crippen molar-refractivity contribution in [2.45, 2.75) is 56.3 Å². The first-order chi connectivity index (χ1) is 11.5. The Morgan fingerprint density at radius 1 is 1.25 bits per heavy atom. The van der Waals surface area contributed by atoms with Crippen LogP contribution < -0.4 is 10.6 Å². The fraction of sp³-hybridized carbons (Fsp3) is 0.765. The molecule has 2 N–H and O–H groups in total. The third-order valence-corrected chi connectivity index (χ3v) is 5.27. The minimum atomic E-state index is -0.0462. The van der Waals surface area contributed by atoms with Crippen LogP contribution >= 0.6 is 0 Å². The van der Waals surface area contributed by atoms with Gasteiger partial charge in [-0.15, -0.1) is 0 Å². The lowest BCUT2D eigenvalue weighted by Crippen LogP contribution is -2.48. The molecule has 1 saturated carbocycles. The quantitative estimate of drug-likeness (QED) is 0.873. The lowest BCUT2D eigenvalue weighted by atomic mass is 10.0. The highest BCUT2D eigenvalue weighted by Crippen LogP contribution is 2.27. The molecule has 3 rings (SSSR count). The summed E-state index contributed by atoms with van der Waals surface area (Å²) >= 11 is 0. The van der Waals surface area contributed by atoms with Gasteiger partial charge in [-0.05, 0) is 46.2 Å². The Morgan fingerprint density at radius 3 is 2.62 bits per heavy atom. The number of nitrogens with one attached hydrogen (secondary N) is 2. The lowest BCUT2D eigenvalue weighted by molar-refractivity contribution is -0.00182. The topological polar surface area (TPSA) is 71.4 Å². The van der Waals surface area contributed by atoms with Crippen LogP contribution in [0.2, 0.25) is 0 Å². The molecule has 134 valence electrons. The summed E-state index contributed by atoms with van der Waals surface area (Å²) in [6.45, 7) is 0.660. The third kappa shape index (κ3) is 4.08. The number of imidazole rings is 1. The molecular formula is C17H29N5O2. The summed E-state index contributed by atoms with van der Waals surface area (Å²) in [4.78, 5) is 18.7. The smallest absolute Gasteiger partial charge is 0.315 e. The molecule has 0 spiro atoms. The van der Waals surface area contributed by atoms with E-state index in [1.807, 2.05) is 17.8 Å². The summed E-state index contributed by atoms with van der Waals surface area (Å²) in [6, 6.07) is 0.956. The van der Waals surface area contributed by atoms with E-state index in [2.05, 4.69) is 34.6 Å². The molecule has 24 heavy (non-hydrogen) atoms. The molecule has 1 aromatic rings. The van der Waals surface area contributed by atoms with Crippen LogP contribution in [0.5, 0.6) is 0 Å². The second-order valence-electron chi connectivity index (χ2n) is 7.26. The molecule has 0 bridgehead atoms. The third-order valence-electron chi connectivity index (χ3n) is 5.27. The van der Waals surface area contributed by atoms with Gasteiger partial charge in [-0.3, -0.25) is 0 Å². The van der Waals surface area contributed by atoms with Crippen LogP contribution in [0, 0.1) is 0 Å². The van der Waals surface area contributed by atoms with E-state index in [4.69, 9.17) is 4.74 Å². The molecule has 4 unspecified atom stereocenters. The van der Waals surface area contributed by atoms with E-state index in [0.717, 1.165) is 37.8 Å². The molecule has 2 fully saturated rings. The van der Waals surface area contributed by atoms with Gasteiger partial charge in [0.15, 0.2) is 0 Å². The SMILES string of the molecule is CN(C)C1CCC(NC(=O)NC2CCOC(c3cncn3C)C2)C1. The number of carbonyl (C=O) groups is 1. The molecule has 0 radical (unpaired) electrons. The summed E-state index contributed by atoms with van der Waals surface area (Å²) in [5.74, 6) is 0. The van der Waals surface area contributed by atoms with Crippen molar-refractivity contribution in [1.29, 1.82) is 0 Å². The van der Waals surface area contributed by atoms with Crippen LogP contribution in [0.1, 0.15) is 43.9 Å². The number of hydrogen-bond donors (Lipinski definition) is 2. The summed E-state index contributed by atoms with van der Waals surface area (Å²) < 4.78 is 7.83. The van der Waals surface area contributed by atoms with Crippen molar-refractivity contribution in [3.63, 3.8) is 0 Å². The van der Waals surface area contributed by atoms with Crippen molar-refractivity contribution in [3.05, 3.63) is 18.2 Å². The Morgan fingerprint density at radius 2 is 2.00 bits per heavy atom. The van der Waals surface area contributed by atoms with Gasteiger partial charge in [0.05, 0.1) is 18.2 Å². The molecule has 1 aliphatic heterocycles. The second kappa shape index (κ2) is 7.53. The minimum absolute atomic E-state index is 0.00107. The fourth-order valence-electron chi connectivity index (χ4n) is 3.78. The molecule has 2 aliphatic rings. The maximum Gasteiger partial charge on any atom is 0.315 e. The van der Waals surface area contributed by atoms with E-state index >= 15 is 0 Å². The highest BCUT2D eigenvalue weighted by atomic mass is 16.5. The maximum atomic E-state index is 12.3. The molecule has 7 nitrogen and oxygen atoms in total. The van der Waals surface area contributed by atoms with Gasteiger partial charge in [0, 0.05) is 31.8 Å². The number of amides is 2. The molecule has 0 aromatic carbocycles. The molecule has 2 amide bonds. The zero-order chi connectivity index (χ0) is 17.1. The molecule has 7 heteroatoms. The molecule has 4 atom stereocenters. The zero-order valence-corrected chi connectivity index (χ0v) is 14.9. The number of aryl methyl sites for hydroxylation is 1. The van der Waals surface area contributed by atoms with Crippen molar-refractivity contribution in [3.8, 4) is 0 Å². The van der Waals surface area contributed by atoms with E-state index in [-0.39, 0.29) is 24.2 Å². The number of ether oxygens (including phenoxy) is 1. The lowest BCUT2D eigenvalue weighted by Gasteiger charge is -2.30. The number of urea groups is 1. The van der Waals surface area contributed by atoms with Gasteiger partial charge in [0.25, 0.3) is 0 Å². The van der Waals surface area contributed by atoms with Crippen LogP contribution in [0.15, 0.2) is 12.5 Å². The Balaban J connectivity index is 1.47. The highest BCUT2D eigenvalue weighted by molar-refractivity contribution is 5.74. The number of hydrogen-bond acceptors (Lipinski definition) is 4. The van der Waals surface area contributed by atoms with E-state index in [0.29, 0.717) is 12.6 Å². The summed E-state index contributed by atoms with van der Waals surface area (Å²) in [7, 11) is 6.18. The van der Waals surface area contributed by atoms with Gasteiger partial charge in [0.1, 0.15) is 6.10 Å². The normalized spacial score (nSPS) is 30.5. The zero-order valence-electron chi connectivity index (χ0n) is 14.9. The number of rotatable bonds is 4. The van der Waals surface area contributed by atoms with E-state index in [9.17, 15) is 4.79 Å². The van der Waals surface area contributed by atoms with Crippen LogP contribution in [0.4, 0.5) is 4.79 Å². The van der Waals surface area contributed by atoms with Crippen molar-refractivity contribution in [1.82, 2.24) is 25.1 Å². The largest absolute Gasteiger partial charge is 0.372 e. The summed E-state index contributed by atoms with van der Waals surface area (Å²) in [6.07, 6.45) is 8.51. The Bertz CT molecular complexity index is 559.